The number of ether oxygens (including phenoxy) is 1. The van der Waals surface area contributed by atoms with E-state index in [9.17, 15) is 9.90 Å². The number of Topliss-reactive ketones (excluding diaryl/α,β-unsaturated/α-hetero) is 1. The van der Waals surface area contributed by atoms with Crippen LogP contribution in [0.2, 0.25) is 0 Å². The molecule has 2 aromatic carbocycles. The van der Waals surface area contributed by atoms with Gasteiger partial charge >= 0.3 is 11.8 Å². The van der Waals surface area contributed by atoms with Gasteiger partial charge in [-0.25, -0.2) is 4.42 Å². The van der Waals surface area contributed by atoms with Crippen LogP contribution in [0, 0.1) is 0 Å². The van der Waals surface area contributed by atoms with Crippen molar-refractivity contribution in [2.75, 3.05) is 0 Å². The molecule has 0 amide bonds. The second-order valence-electron chi connectivity index (χ2n) is 6.84. The molecule has 2 unspecified atom stereocenters. The van der Waals surface area contributed by atoms with Crippen LogP contribution < -0.4 is 4.74 Å². The number of rotatable bonds is 2. The molecule has 5 rings (SSSR count). The molecule has 1 saturated carbocycles. The van der Waals surface area contributed by atoms with Gasteiger partial charge in [0.05, 0.1) is 11.6 Å². The molecule has 0 radical (unpaired) electrons. The van der Waals surface area contributed by atoms with Gasteiger partial charge in [-0.3, -0.25) is 4.79 Å². The van der Waals surface area contributed by atoms with Crippen molar-refractivity contribution < 1.29 is 19.1 Å². The lowest BCUT2D eigenvalue weighted by molar-refractivity contribution is -0.117. The maximum absolute atomic E-state index is 12.7. The van der Waals surface area contributed by atoms with Crippen molar-refractivity contribution in [2.24, 2.45) is 0 Å². The minimum absolute atomic E-state index is 0.101. The van der Waals surface area contributed by atoms with Crippen LogP contribution in [-0.4, -0.2) is 17.0 Å². The predicted molar refractivity (Wildman–Crippen MR) is 107 cm³/mol. The third-order valence-electron chi connectivity index (χ3n) is 5.18. The van der Waals surface area contributed by atoms with Crippen LogP contribution in [-0.2, 0) is 4.79 Å². The first-order chi connectivity index (χ1) is 13.7. The average Bonchev–Trinajstić information content (AvgIpc) is 2.75. The number of aliphatic hydroxyl groups is 1. The molecule has 4 heteroatoms. The van der Waals surface area contributed by atoms with E-state index >= 15 is 0 Å². The Balaban J connectivity index is 1.48. The van der Waals surface area contributed by atoms with Gasteiger partial charge in [-0.05, 0) is 24.3 Å². The van der Waals surface area contributed by atoms with E-state index in [-0.39, 0.29) is 11.7 Å². The molecular weight excluding hydrogens is 352 g/mol. The van der Waals surface area contributed by atoms with E-state index in [0.717, 1.165) is 27.8 Å². The average molecular weight is 369 g/mol. The number of hydrogen-bond acceptors (Lipinski definition) is 3. The van der Waals surface area contributed by atoms with Crippen molar-refractivity contribution in [2.45, 2.75) is 12.0 Å². The number of benzene rings is 2. The second kappa shape index (κ2) is 6.59. The fourth-order valence-electron chi connectivity index (χ4n) is 3.69. The smallest absolute Gasteiger partial charge is 0.360 e. The number of allylic oxidation sites excluding steroid dienone is 2. The summed E-state index contributed by atoms with van der Waals surface area (Å²) < 4.78 is 11.0. The molecule has 0 bridgehead atoms. The van der Waals surface area contributed by atoms with Crippen LogP contribution in [0.5, 0.6) is 5.75 Å². The summed E-state index contributed by atoms with van der Waals surface area (Å²) in [5.74, 6) is 0.537. The lowest BCUT2D eigenvalue weighted by Gasteiger charge is -2.29. The van der Waals surface area contributed by atoms with Crippen LogP contribution in [0.3, 0.4) is 0 Å². The van der Waals surface area contributed by atoms with Crippen molar-refractivity contribution in [3.8, 4) is 5.75 Å². The summed E-state index contributed by atoms with van der Waals surface area (Å²) in [7, 11) is 0. The molecule has 1 fully saturated rings. The summed E-state index contributed by atoms with van der Waals surface area (Å²) in [4.78, 5) is 12.7. The quantitative estimate of drug-likeness (QED) is 0.527. The topological polar surface area (TPSA) is 57.8 Å². The summed E-state index contributed by atoms with van der Waals surface area (Å²) in [5, 5.41) is 11.5. The standard InChI is InChI=1S/C24H17O4/c25-23-19(13-15-9-11-27-21-7-3-1-5-17(15)21)24(26)20(23)14-16-10-12-28-22-8-4-2-6-18(16)22/h1-15,23,25H/q+1. The van der Waals surface area contributed by atoms with Gasteiger partial charge < -0.3 is 9.84 Å². The van der Waals surface area contributed by atoms with Crippen LogP contribution in [0.4, 0.5) is 0 Å². The highest BCUT2D eigenvalue weighted by molar-refractivity contribution is 6.21. The molecule has 1 N–H and O–H groups in total. The van der Waals surface area contributed by atoms with Crippen molar-refractivity contribution in [1.82, 2.24) is 0 Å². The van der Waals surface area contributed by atoms with Gasteiger partial charge in [0.1, 0.15) is 11.9 Å². The van der Waals surface area contributed by atoms with Gasteiger partial charge in [-0.2, -0.15) is 0 Å². The van der Waals surface area contributed by atoms with Gasteiger partial charge in [-0.1, -0.05) is 36.4 Å². The Kier molecular flexibility index (Phi) is 3.92. The zero-order valence-corrected chi connectivity index (χ0v) is 14.9. The Labute approximate surface area is 161 Å². The van der Waals surface area contributed by atoms with Gasteiger partial charge in [0.2, 0.25) is 0 Å². The molecule has 28 heavy (non-hydrogen) atoms. The zero-order chi connectivity index (χ0) is 19.1. The summed E-state index contributed by atoms with van der Waals surface area (Å²) in [6, 6.07) is 17.1. The van der Waals surface area contributed by atoms with Crippen LogP contribution >= 0.6 is 0 Å². The highest BCUT2D eigenvalue weighted by Crippen LogP contribution is 2.38. The Bertz CT molecular complexity index is 1180. The zero-order valence-electron chi connectivity index (χ0n) is 14.9. The number of aliphatic hydroxyl groups excluding tert-OH is 1. The summed E-state index contributed by atoms with van der Waals surface area (Å²) >= 11 is 0. The lowest BCUT2D eigenvalue weighted by atomic mass is 9.77. The normalized spacial score (nSPS) is 23.5. The molecule has 0 saturated heterocycles. The first-order valence-corrected chi connectivity index (χ1v) is 9.10. The number of carbonyl (C=O) groups is 1. The van der Waals surface area contributed by atoms with Gasteiger partial charge in [0, 0.05) is 40.3 Å². The molecule has 1 aliphatic carbocycles. The number of hydrogen-bond donors (Lipinski definition) is 1. The number of carbonyl (C=O) groups excluding carboxylic acids is 1. The minimum Gasteiger partial charge on any atom is -0.465 e. The number of fused-ring (bicyclic) bond motifs is 2. The van der Waals surface area contributed by atoms with E-state index in [1.54, 1.807) is 24.7 Å². The molecule has 136 valence electrons. The van der Waals surface area contributed by atoms with E-state index in [4.69, 9.17) is 9.15 Å². The van der Waals surface area contributed by atoms with Crippen LogP contribution in [0.15, 0.2) is 94.8 Å². The highest BCUT2D eigenvalue weighted by Gasteiger charge is 2.39. The fourth-order valence-corrected chi connectivity index (χ4v) is 3.69. The molecule has 1 aromatic heterocycles. The maximum atomic E-state index is 12.7. The van der Waals surface area contributed by atoms with E-state index in [2.05, 4.69) is 0 Å². The summed E-state index contributed by atoms with van der Waals surface area (Å²) in [6.45, 7) is 0. The van der Waals surface area contributed by atoms with Crippen LogP contribution in [0.25, 0.3) is 17.0 Å². The fraction of sp³-hybridized carbons (Fsp3) is 0.0833. The molecule has 1 aliphatic heterocycles. The van der Waals surface area contributed by atoms with Crippen LogP contribution in [0.1, 0.15) is 17.0 Å². The monoisotopic (exact) mass is 369 g/mol. The highest BCUT2D eigenvalue weighted by atomic mass is 16.5. The first kappa shape index (κ1) is 16.7. The minimum atomic E-state index is -0.896. The molecule has 2 atom stereocenters. The Morgan fingerprint density at radius 1 is 1.00 bits per heavy atom. The lowest BCUT2D eigenvalue weighted by Crippen LogP contribution is -2.36. The molecular formula is C24H17O4+. The van der Waals surface area contributed by atoms with Crippen molar-refractivity contribution in [3.05, 3.63) is 102 Å². The van der Waals surface area contributed by atoms with Crippen molar-refractivity contribution >= 4 is 22.8 Å². The van der Waals surface area contributed by atoms with Crippen molar-refractivity contribution in [1.29, 1.82) is 0 Å². The number of ketones is 1. The third kappa shape index (κ3) is 2.66. The molecule has 0 spiro atoms. The molecule has 2 aliphatic rings. The van der Waals surface area contributed by atoms with E-state index in [1.807, 2.05) is 60.7 Å². The van der Waals surface area contributed by atoms with Crippen molar-refractivity contribution in [3.63, 3.8) is 0 Å². The van der Waals surface area contributed by atoms with E-state index in [0.29, 0.717) is 11.1 Å². The second-order valence-corrected chi connectivity index (χ2v) is 6.84. The molecule has 4 nitrogen and oxygen atoms in total. The van der Waals surface area contributed by atoms with Gasteiger partial charge in [0.15, 0.2) is 5.78 Å². The maximum Gasteiger partial charge on any atom is 0.360 e. The summed E-state index contributed by atoms with van der Waals surface area (Å²) in [6.07, 6.45) is 7.76. The summed E-state index contributed by atoms with van der Waals surface area (Å²) in [5.41, 5.74) is 3.37. The Hall–Kier alpha value is -3.50. The first-order valence-electron chi connectivity index (χ1n) is 9.10. The predicted octanol–water partition coefficient (Wildman–Crippen LogP) is 4.66. The largest absolute Gasteiger partial charge is 0.465 e. The third-order valence-corrected chi connectivity index (χ3v) is 5.18. The van der Waals surface area contributed by atoms with Gasteiger partial charge in [0.25, 0.3) is 0 Å². The molecule has 3 aromatic rings. The molecule has 2 heterocycles. The Morgan fingerprint density at radius 3 is 2.71 bits per heavy atom. The van der Waals surface area contributed by atoms with E-state index in [1.165, 1.54) is 0 Å². The van der Waals surface area contributed by atoms with E-state index < -0.39 is 6.10 Å². The van der Waals surface area contributed by atoms with Gasteiger partial charge in [-0.15, -0.1) is 0 Å². The Morgan fingerprint density at radius 2 is 1.82 bits per heavy atom. The SMILES string of the molecule is O=C1C(=Cc2cc[o+]c3ccccc23)C(O)C1=CC1C=COc2ccccc21. The number of para-hydroxylation sites is 2.